The van der Waals surface area contributed by atoms with Gasteiger partial charge in [0.05, 0.1) is 0 Å². The number of hydrogen-bond donors (Lipinski definition) is 13. The smallest absolute Gasteiger partial charge is 0.326 e. The molecule has 0 aromatic heterocycles. The number of nitrogens with one attached hydrogen (secondary N) is 9. The van der Waals surface area contributed by atoms with Crippen LogP contribution in [0.25, 0.3) is 0 Å². The molecule has 13 N–H and O–H groups in total. The zero-order chi connectivity index (χ0) is 68.5. The molecule has 1 aromatic carbocycles. The van der Waals surface area contributed by atoms with Crippen LogP contribution in [0.4, 0.5) is 22.0 Å². The predicted molar refractivity (Wildman–Crippen MR) is 313 cm³/mol. The summed E-state index contributed by atoms with van der Waals surface area (Å²) in [4.78, 5) is 167. The molecule has 0 unspecified atom stereocenters. The van der Waals surface area contributed by atoms with E-state index in [9.17, 15) is 90.8 Å². The zero-order valence-electron chi connectivity index (χ0n) is 52.2. The molecule has 0 saturated heterocycles. The van der Waals surface area contributed by atoms with Gasteiger partial charge < -0.3 is 68.3 Å². The van der Waals surface area contributed by atoms with Crippen molar-refractivity contribution in [2.24, 2.45) is 11.8 Å². The highest BCUT2D eigenvalue weighted by atomic mass is 19.2. The van der Waals surface area contributed by atoms with Gasteiger partial charge in [-0.25, -0.2) is 26.7 Å². The Morgan fingerprint density at radius 1 is 0.333 bits per heavy atom. The van der Waals surface area contributed by atoms with Gasteiger partial charge in [0, 0.05) is 37.7 Å². The number of hydrogen-bond acceptors (Lipinski definition) is 13. The minimum Gasteiger partial charge on any atom is -0.481 e. The number of benzene rings is 1. The van der Waals surface area contributed by atoms with E-state index in [0.29, 0.717) is 6.42 Å². The van der Waals surface area contributed by atoms with Crippen molar-refractivity contribution in [2.45, 2.75) is 245 Å². The van der Waals surface area contributed by atoms with Crippen molar-refractivity contribution in [3.63, 3.8) is 0 Å². The molecule has 9 amide bonds. The number of halogens is 5. The van der Waals surface area contributed by atoms with Crippen LogP contribution >= 0.6 is 0 Å². The van der Waals surface area contributed by atoms with Gasteiger partial charge >= 0.3 is 23.9 Å². The largest absolute Gasteiger partial charge is 0.481 e. The summed E-state index contributed by atoms with van der Waals surface area (Å²) in [6.07, 6.45) is 8.29. The monoisotopic (exact) mass is 1290 g/mol. The summed E-state index contributed by atoms with van der Waals surface area (Å²) in [6, 6.07) is -15.2. The first-order chi connectivity index (χ1) is 42.1. The predicted octanol–water partition coefficient (Wildman–Crippen LogP) is 3.82. The molecule has 0 bridgehead atoms. The van der Waals surface area contributed by atoms with Gasteiger partial charge in [-0.1, -0.05) is 112 Å². The number of amides is 9. The molecule has 0 heterocycles. The molecule has 0 aliphatic carbocycles. The van der Waals surface area contributed by atoms with E-state index in [4.69, 9.17) is 5.11 Å². The number of carboxylic acids is 4. The fourth-order valence-corrected chi connectivity index (χ4v) is 8.99. The van der Waals surface area contributed by atoms with Crippen molar-refractivity contribution in [2.75, 3.05) is 0 Å². The van der Waals surface area contributed by atoms with Crippen LogP contribution in [0.2, 0.25) is 0 Å². The lowest BCUT2D eigenvalue weighted by Gasteiger charge is -2.28. The average Bonchev–Trinajstić information content (AvgIpc) is 1.57. The first-order valence-electron chi connectivity index (χ1n) is 30.3. The Morgan fingerprint density at radius 3 is 1.02 bits per heavy atom. The highest BCUT2D eigenvalue weighted by molar-refractivity contribution is 5.98. The van der Waals surface area contributed by atoms with Gasteiger partial charge in [0.2, 0.25) is 59.0 Å². The summed E-state index contributed by atoms with van der Waals surface area (Å²) >= 11 is 0. The second-order valence-corrected chi connectivity index (χ2v) is 22.8. The average molecular weight is 1290 g/mol. The van der Waals surface area contributed by atoms with Gasteiger partial charge in [0.1, 0.15) is 54.4 Å². The normalized spacial score (nSPS) is 14.2. The molecule has 0 saturated carbocycles. The molecule has 0 aliphatic heterocycles. The summed E-state index contributed by atoms with van der Waals surface area (Å²) in [5.41, 5.74) is -1.50. The Bertz CT molecular complexity index is 2620. The van der Waals surface area contributed by atoms with Crippen LogP contribution in [0.15, 0.2) is 0 Å². The summed E-state index contributed by atoms with van der Waals surface area (Å²) in [5, 5.41) is 57.3. The molecule has 0 radical (unpaired) electrons. The Balaban J connectivity index is 3.20. The quantitative estimate of drug-likeness (QED) is 0.0191. The lowest BCUT2D eigenvalue weighted by molar-refractivity contribution is -0.144. The maximum Gasteiger partial charge on any atom is 0.326 e. The summed E-state index contributed by atoms with van der Waals surface area (Å²) in [7, 11) is 0. The number of carboxylic acid groups (broad SMARTS) is 4. The van der Waals surface area contributed by atoms with Crippen LogP contribution in [0.5, 0.6) is 0 Å². The van der Waals surface area contributed by atoms with Crippen LogP contribution < -0.4 is 47.9 Å². The van der Waals surface area contributed by atoms with E-state index in [1.807, 2.05) is 5.32 Å². The van der Waals surface area contributed by atoms with E-state index in [-0.39, 0.29) is 6.42 Å². The van der Waals surface area contributed by atoms with E-state index >= 15 is 8.78 Å². The third-order valence-corrected chi connectivity index (χ3v) is 14.4. The first kappa shape index (κ1) is 80.0. The molecular weight excluding hydrogens is 1200 g/mol. The van der Waals surface area contributed by atoms with Crippen molar-refractivity contribution in [3.05, 3.63) is 34.6 Å². The molecule has 1 aromatic rings. The molecule has 0 aliphatic rings. The third-order valence-electron chi connectivity index (χ3n) is 14.4. The second-order valence-electron chi connectivity index (χ2n) is 22.8. The maximum atomic E-state index is 15.2. The molecule has 0 spiro atoms. The SMILES string of the molecule is CCCCCCCCCCCCCCCC(=O)N[C@H](C(=O)N[C@@H](Cc1c(F)c(F)c(F)c(F)c1F)C(=O)N[C@H](C(=O)N[C@@H](C)C(=O)N[C@@H](C)C(=O)N[C@@H](C)C(=O)N[C@@H](CCC(=O)O)C(=O)N[C@@H](CCC(=O)O)C(=O)N[C@@H](CCC(=O)O)C(=O)O)C(C)C)C(C)C. The Morgan fingerprint density at radius 2 is 0.633 bits per heavy atom. The highest BCUT2D eigenvalue weighted by Crippen LogP contribution is 2.25. The van der Waals surface area contributed by atoms with E-state index < -0.39 is 223 Å². The van der Waals surface area contributed by atoms with Crippen LogP contribution in [0, 0.1) is 40.9 Å². The molecule has 1 rings (SSSR count). The molecule has 90 heavy (non-hydrogen) atoms. The molecule has 9 atom stereocenters. The minimum atomic E-state index is -2.50. The Hall–Kier alpha value is -8.02. The van der Waals surface area contributed by atoms with E-state index in [0.717, 1.165) is 59.3 Å². The molecular formula is C59H90F5N9O17. The topological polar surface area (TPSA) is 411 Å². The van der Waals surface area contributed by atoms with Crippen LogP contribution in [-0.4, -0.2) is 152 Å². The summed E-state index contributed by atoms with van der Waals surface area (Å²) < 4.78 is 73.4. The summed E-state index contributed by atoms with van der Waals surface area (Å²) in [6.45, 7) is 11.4. The van der Waals surface area contributed by atoms with Crippen molar-refractivity contribution >= 4 is 77.0 Å². The van der Waals surface area contributed by atoms with Crippen molar-refractivity contribution in [3.8, 4) is 0 Å². The van der Waals surface area contributed by atoms with E-state index in [1.165, 1.54) is 66.2 Å². The maximum absolute atomic E-state index is 15.2. The van der Waals surface area contributed by atoms with E-state index in [2.05, 4.69) is 49.5 Å². The number of aliphatic carboxylic acids is 4. The number of carbonyl (C=O) groups excluding carboxylic acids is 9. The van der Waals surface area contributed by atoms with Gasteiger partial charge in [0.15, 0.2) is 23.3 Å². The Labute approximate surface area is 519 Å². The number of unbranched alkanes of at least 4 members (excludes halogenated alkanes) is 12. The second kappa shape index (κ2) is 41.3. The zero-order valence-corrected chi connectivity index (χ0v) is 52.2. The van der Waals surface area contributed by atoms with Crippen LogP contribution in [0.1, 0.15) is 189 Å². The first-order valence-corrected chi connectivity index (χ1v) is 30.3. The Kier molecular flexibility index (Phi) is 36.7. The van der Waals surface area contributed by atoms with Gasteiger partial charge in [-0.05, 0) is 58.3 Å². The standard InChI is InChI=1S/C59H90F5N9O17/c1-9-10-11-12-13-14-15-16-17-18-19-20-21-22-40(74)72-49(30(2)3)58(88)71-39(29-35-44(60)46(62)48(64)47(63)45(35)61)56(86)73-50(31(4)5)57(87)67-33(7)52(82)65-32(6)51(81)66-34(8)53(83)68-36(23-26-41(75)76)54(84)69-37(24-27-42(77)78)55(85)70-38(59(89)90)25-28-43(79)80/h30-34,36-39,49-50H,9-29H2,1-8H3,(H,65,82)(H,66,81)(H,67,87)(H,68,83)(H,69,84)(H,70,85)(H,71,88)(H,72,74)(H,73,86)(H,75,76)(H,77,78)(H,79,80)(H,89,90)/t32-,33-,34-,36-,37-,38-,39-,49-,50-/m0/s1. The van der Waals surface area contributed by atoms with Gasteiger partial charge in [-0.3, -0.25) is 57.5 Å². The molecule has 0 fully saturated rings. The highest BCUT2D eigenvalue weighted by Gasteiger charge is 2.37. The lowest BCUT2D eigenvalue weighted by atomic mass is 9.98. The fraction of sp³-hybridized carbons (Fsp3) is 0.678. The van der Waals surface area contributed by atoms with Gasteiger partial charge in [0.25, 0.3) is 0 Å². The summed E-state index contributed by atoms with van der Waals surface area (Å²) in [5.74, 6) is -29.2. The third kappa shape index (κ3) is 29.5. The number of rotatable bonds is 45. The van der Waals surface area contributed by atoms with Gasteiger partial charge in [-0.15, -0.1) is 0 Å². The fourth-order valence-electron chi connectivity index (χ4n) is 8.99. The lowest BCUT2D eigenvalue weighted by Crippen LogP contribution is -2.60. The van der Waals surface area contributed by atoms with Crippen molar-refractivity contribution < 1.29 is 105 Å². The van der Waals surface area contributed by atoms with Crippen LogP contribution in [-0.2, 0) is 68.7 Å². The van der Waals surface area contributed by atoms with E-state index in [1.54, 1.807) is 0 Å². The van der Waals surface area contributed by atoms with Crippen molar-refractivity contribution in [1.82, 2.24) is 47.9 Å². The molecule has 26 nitrogen and oxygen atoms in total. The van der Waals surface area contributed by atoms with Gasteiger partial charge in [-0.2, -0.15) is 0 Å². The van der Waals surface area contributed by atoms with Crippen molar-refractivity contribution in [1.29, 1.82) is 0 Å². The van der Waals surface area contributed by atoms with Crippen LogP contribution in [0.3, 0.4) is 0 Å². The molecule has 508 valence electrons. The number of carbonyl (C=O) groups is 13. The molecule has 31 heteroatoms. The minimum absolute atomic E-state index is 0.0233.